The van der Waals surface area contributed by atoms with Crippen molar-refractivity contribution in [2.45, 2.75) is 44.2 Å². The van der Waals surface area contributed by atoms with E-state index < -0.39 is 5.60 Å². The smallest absolute Gasteiger partial charge is 0.289 e. The van der Waals surface area contributed by atoms with Gasteiger partial charge in [-0.2, -0.15) is 0 Å². The molecule has 3 aliphatic rings. The number of nitrogens with one attached hydrogen (secondary N) is 1. The third kappa shape index (κ3) is 2.07. The Labute approximate surface area is 140 Å². The molecular formula is C17H21N5O2. The molecule has 24 heavy (non-hydrogen) atoms. The Morgan fingerprint density at radius 3 is 2.67 bits per heavy atom. The van der Waals surface area contributed by atoms with Gasteiger partial charge in [-0.05, 0) is 39.2 Å². The Balaban J connectivity index is 1.48. The molecule has 2 heterocycles. The third-order valence-electron chi connectivity index (χ3n) is 5.64. The van der Waals surface area contributed by atoms with Crippen LogP contribution in [0.3, 0.4) is 0 Å². The van der Waals surface area contributed by atoms with Crippen molar-refractivity contribution in [2.75, 3.05) is 0 Å². The molecule has 126 valence electrons. The SMILES string of the molecule is Cn1cncc1-c1ccnc(C(=O)NC23CC(C(C)(C)O)(C2)C3)n1. The molecule has 0 atom stereocenters. The topological polar surface area (TPSA) is 92.9 Å². The van der Waals surface area contributed by atoms with E-state index in [1.165, 1.54) is 0 Å². The van der Waals surface area contributed by atoms with Crippen LogP contribution < -0.4 is 5.32 Å². The van der Waals surface area contributed by atoms with E-state index in [1.807, 2.05) is 25.5 Å². The van der Waals surface area contributed by atoms with Crippen LogP contribution >= 0.6 is 0 Å². The highest BCUT2D eigenvalue weighted by molar-refractivity contribution is 5.91. The molecule has 1 amide bonds. The van der Waals surface area contributed by atoms with E-state index >= 15 is 0 Å². The number of amides is 1. The molecule has 0 aliphatic heterocycles. The molecule has 2 aromatic rings. The highest BCUT2D eigenvalue weighted by Crippen LogP contribution is 2.71. The molecule has 3 aliphatic carbocycles. The van der Waals surface area contributed by atoms with Crippen molar-refractivity contribution in [3.8, 4) is 11.4 Å². The molecule has 5 rings (SSSR count). The summed E-state index contributed by atoms with van der Waals surface area (Å²) in [5.74, 6) is -0.0983. The lowest BCUT2D eigenvalue weighted by molar-refractivity contribution is -0.247. The van der Waals surface area contributed by atoms with E-state index in [1.54, 1.807) is 24.8 Å². The van der Waals surface area contributed by atoms with Gasteiger partial charge in [0, 0.05) is 24.2 Å². The van der Waals surface area contributed by atoms with E-state index in [0.717, 1.165) is 25.0 Å². The first-order valence-electron chi connectivity index (χ1n) is 8.08. The van der Waals surface area contributed by atoms with Gasteiger partial charge in [0.2, 0.25) is 5.82 Å². The fraction of sp³-hybridized carbons (Fsp3) is 0.529. The zero-order valence-electron chi connectivity index (χ0n) is 14.1. The van der Waals surface area contributed by atoms with Crippen LogP contribution in [0.15, 0.2) is 24.8 Å². The molecule has 3 fully saturated rings. The molecule has 0 radical (unpaired) electrons. The molecule has 7 nitrogen and oxygen atoms in total. The maximum atomic E-state index is 12.5. The lowest BCUT2D eigenvalue weighted by Gasteiger charge is -2.74. The summed E-state index contributed by atoms with van der Waals surface area (Å²) in [6.07, 6.45) is 7.43. The Kier molecular flexibility index (Phi) is 2.94. The van der Waals surface area contributed by atoms with Crippen LogP contribution in [0.4, 0.5) is 0 Å². The minimum atomic E-state index is -0.699. The summed E-state index contributed by atoms with van der Waals surface area (Å²) in [6, 6.07) is 1.76. The van der Waals surface area contributed by atoms with Crippen LogP contribution in [0.2, 0.25) is 0 Å². The number of hydrogen-bond donors (Lipinski definition) is 2. The van der Waals surface area contributed by atoms with Gasteiger partial charge in [0.05, 0.1) is 29.5 Å². The Bertz CT molecular complexity index is 801. The largest absolute Gasteiger partial charge is 0.390 e. The highest BCUT2D eigenvalue weighted by Gasteiger charge is 2.73. The quantitative estimate of drug-likeness (QED) is 0.883. The minimum absolute atomic E-state index is 0.0440. The maximum Gasteiger partial charge on any atom is 0.289 e. The zero-order chi connectivity index (χ0) is 17.2. The molecule has 0 saturated heterocycles. The summed E-state index contributed by atoms with van der Waals surface area (Å²) in [4.78, 5) is 25.1. The number of nitrogens with zero attached hydrogens (tertiary/aromatic N) is 4. The van der Waals surface area contributed by atoms with E-state index in [0.29, 0.717) is 5.69 Å². The van der Waals surface area contributed by atoms with Crippen LogP contribution in [-0.4, -0.2) is 41.7 Å². The standard InChI is InChI=1S/C17H21N5O2/c1-15(2,24)16-7-17(8-16,9-16)21-14(23)13-19-5-4-11(20-13)12-6-18-10-22(12)3/h4-6,10,24H,7-9H2,1-3H3,(H,21,23). The second-order valence-electron chi connectivity index (χ2n) is 7.76. The second kappa shape index (κ2) is 4.63. The van der Waals surface area contributed by atoms with Gasteiger partial charge >= 0.3 is 0 Å². The predicted molar refractivity (Wildman–Crippen MR) is 87.0 cm³/mol. The van der Waals surface area contributed by atoms with E-state index in [9.17, 15) is 9.90 Å². The molecule has 0 aromatic carbocycles. The van der Waals surface area contributed by atoms with Crippen molar-refractivity contribution in [1.82, 2.24) is 24.8 Å². The summed E-state index contributed by atoms with van der Waals surface area (Å²) in [7, 11) is 1.88. The number of carbonyl (C=O) groups excluding carboxylic acids is 1. The number of hydrogen-bond acceptors (Lipinski definition) is 5. The van der Waals surface area contributed by atoms with Gasteiger partial charge in [-0.15, -0.1) is 0 Å². The van der Waals surface area contributed by atoms with Crippen LogP contribution in [0, 0.1) is 5.41 Å². The highest BCUT2D eigenvalue weighted by atomic mass is 16.3. The van der Waals surface area contributed by atoms with Gasteiger partial charge < -0.3 is 15.0 Å². The van der Waals surface area contributed by atoms with Gasteiger partial charge in [-0.3, -0.25) is 4.79 Å². The van der Waals surface area contributed by atoms with Crippen molar-refractivity contribution in [2.24, 2.45) is 12.5 Å². The van der Waals surface area contributed by atoms with Gasteiger partial charge in [0.1, 0.15) is 0 Å². The first-order chi connectivity index (χ1) is 11.2. The lowest BCUT2D eigenvalue weighted by atomic mass is 9.35. The molecule has 7 heteroatoms. The van der Waals surface area contributed by atoms with Gasteiger partial charge in [0.15, 0.2) is 0 Å². The van der Waals surface area contributed by atoms with Crippen molar-refractivity contribution in [1.29, 1.82) is 0 Å². The summed E-state index contributed by atoms with van der Waals surface area (Å²) >= 11 is 0. The van der Waals surface area contributed by atoms with Gasteiger partial charge in [-0.1, -0.05) is 0 Å². The van der Waals surface area contributed by atoms with E-state index in [2.05, 4.69) is 20.3 Å². The number of aliphatic hydroxyl groups is 1. The first-order valence-corrected chi connectivity index (χ1v) is 8.08. The average molecular weight is 327 g/mol. The van der Waals surface area contributed by atoms with Crippen LogP contribution in [0.5, 0.6) is 0 Å². The number of aryl methyl sites for hydroxylation is 1. The second-order valence-corrected chi connectivity index (χ2v) is 7.76. The Morgan fingerprint density at radius 2 is 2.08 bits per heavy atom. The van der Waals surface area contributed by atoms with Gasteiger partial charge in [0.25, 0.3) is 5.91 Å². The molecule has 2 bridgehead atoms. The average Bonchev–Trinajstić information content (AvgIpc) is 2.86. The summed E-state index contributed by atoms with van der Waals surface area (Å²) < 4.78 is 1.85. The number of rotatable bonds is 4. The fourth-order valence-electron chi connectivity index (χ4n) is 4.08. The Morgan fingerprint density at radius 1 is 1.38 bits per heavy atom. The molecular weight excluding hydrogens is 306 g/mol. The number of aromatic nitrogens is 4. The Hall–Kier alpha value is -2.28. The summed E-state index contributed by atoms with van der Waals surface area (Å²) in [5.41, 5.74) is 0.564. The van der Waals surface area contributed by atoms with E-state index in [4.69, 9.17) is 0 Å². The third-order valence-corrected chi connectivity index (χ3v) is 5.64. The molecule has 0 spiro atoms. The molecule has 3 saturated carbocycles. The molecule has 2 N–H and O–H groups in total. The van der Waals surface area contributed by atoms with Crippen molar-refractivity contribution < 1.29 is 9.90 Å². The fourth-order valence-corrected chi connectivity index (χ4v) is 4.08. The molecule has 2 aromatic heterocycles. The monoisotopic (exact) mass is 327 g/mol. The van der Waals surface area contributed by atoms with E-state index in [-0.39, 0.29) is 22.7 Å². The van der Waals surface area contributed by atoms with Crippen molar-refractivity contribution >= 4 is 5.91 Å². The minimum Gasteiger partial charge on any atom is -0.390 e. The predicted octanol–water partition coefficient (Wildman–Crippen LogP) is 1.30. The van der Waals surface area contributed by atoms with Crippen molar-refractivity contribution in [3.63, 3.8) is 0 Å². The normalized spacial score (nSPS) is 28.0. The van der Waals surface area contributed by atoms with Crippen LogP contribution in [-0.2, 0) is 7.05 Å². The zero-order valence-corrected chi connectivity index (χ0v) is 14.1. The van der Waals surface area contributed by atoms with Gasteiger partial charge in [-0.25, -0.2) is 15.0 Å². The number of imidazole rings is 1. The first kappa shape index (κ1) is 15.3. The lowest BCUT2D eigenvalue weighted by Crippen LogP contribution is -2.80. The molecule has 0 unspecified atom stereocenters. The van der Waals surface area contributed by atoms with Crippen molar-refractivity contribution in [3.05, 3.63) is 30.6 Å². The van der Waals surface area contributed by atoms with Crippen LogP contribution in [0.1, 0.15) is 43.7 Å². The number of carbonyl (C=O) groups is 1. The maximum absolute atomic E-state index is 12.5. The van der Waals surface area contributed by atoms with Crippen LogP contribution in [0.25, 0.3) is 11.4 Å². The summed E-state index contributed by atoms with van der Waals surface area (Å²) in [5, 5.41) is 13.3. The summed E-state index contributed by atoms with van der Waals surface area (Å²) in [6.45, 7) is 3.69.